The van der Waals surface area contributed by atoms with Crippen LogP contribution in [-0.2, 0) is 6.54 Å². The van der Waals surface area contributed by atoms with E-state index in [9.17, 15) is 0 Å². The second-order valence-electron chi connectivity index (χ2n) is 2.83. The van der Waals surface area contributed by atoms with Crippen molar-refractivity contribution in [3.8, 4) is 0 Å². The Hall–Kier alpha value is -0.900. The summed E-state index contributed by atoms with van der Waals surface area (Å²) in [5.41, 5.74) is 6.55. The van der Waals surface area contributed by atoms with Crippen LogP contribution >= 0.6 is 0 Å². The summed E-state index contributed by atoms with van der Waals surface area (Å²) in [5, 5.41) is 7.73. The Labute approximate surface area is 66.4 Å². The van der Waals surface area contributed by atoms with E-state index in [2.05, 4.69) is 24.2 Å². The van der Waals surface area contributed by atoms with Crippen molar-refractivity contribution in [3.63, 3.8) is 0 Å². The van der Waals surface area contributed by atoms with Crippen molar-refractivity contribution in [1.82, 2.24) is 15.0 Å². The zero-order valence-corrected chi connectivity index (χ0v) is 6.99. The molecule has 0 unspecified atom stereocenters. The van der Waals surface area contributed by atoms with Crippen molar-refractivity contribution in [2.24, 2.45) is 5.73 Å². The molecule has 2 N–H and O–H groups in total. The van der Waals surface area contributed by atoms with E-state index in [-0.39, 0.29) is 0 Å². The predicted octanol–water partition coefficient (Wildman–Crippen LogP) is 0.360. The topological polar surface area (TPSA) is 56.7 Å². The van der Waals surface area contributed by atoms with Gasteiger partial charge in [0.05, 0.1) is 18.4 Å². The Bertz CT molecular complexity index is 216. The van der Waals surface area contributed by atoms with Crippen molar-refractivity contribution in [2.75, 3.05) is 6.54 Å². The van der Waals surface area contributed by atoms with E-state index in [4.69, 9.17) is 5.73 Å². The van der Waals surface area contributed by atoms with Crippen LogP contribution in [0.3, 0.4) is 0 Å². The van der Waals surface area contributed by atoms with E-state index in [0.29, 0.717) is 12.5 Å². The Morgan fingerprint density at radius 3 is 2.91 bits per heavy atom. The van der Waals surface area contributed by atoms with Gasteiger partial charge in [0, 0.05) is 6.54 Å². The lowest BCUT2D eigenvalue weighted by Crippen LogP contribution is -2.14. The van der Waals surface area contributed by atoms with Crippen LogP contribution in [0.15, 0.2) is 6.20 Å². The van der Waals surface area contributed by atoms with Crippen LogP contribution < -0.4 is 5.73 Å². The van der Waals surface area contributed by atoms with Gasteiger partial charge in [0.1, 0.15) is 0 Å². The normalized spacial score (nSPS) is 10.9. The van der Waals surface area contributed by atoms with Gasteiger partial charge in [-0.3, -0.25) is 0 Å². The second-order valence-corrected chi connectivity index (χ2v) is 2.83. The first kappa shape index (κ1) is 8.20. The van der Waals surface area contributed by atoms with Gasteiger partial charge in [-0.2, -0.15) is 0 Å². The Balaban J connectivity index is 2.78. The fourth-order valence-electron chi connectivity index (χ4n) is 1.01. The van der Waals surface area contributed by atoms with Gasteiger partial charge >= 0.3 is 0 Å². The molecule has 4 heteroatoms. The third-order valence-electron chi connectivity index (χ3n) is 1.58. The maximum atomic E-state index is 5.40. The lowest BCUT2D eigenvalue weighted by Gasteiger charge is -2.06. The average Bonchev–Trinajstić information content (AvgIpc) is 2.36. The highest BCUT2D eigenvalue weighted by Crippen LogP contribution is 2.10. The van der Waals surface area contributed by atoms with Gasteiger partial charge in [-0.15, -0.1) is 5.10 Å². The molecule has 0 amide bonds. The summed E-state index contributed by atoms with van der Waals surface area (Å²) in [5.74, 6) is 0.469. The third kappa shape index (κ3) is 1.77. The van der Waals surface area contributed by atoms with E-state index in [1.54, 1.807) is 6.20 Å². The second kappa shape index (κ2) is 3.48. The standard InChI is InChI=1S/C7H14N4/c1-6(2)7-5-9-10-11(7)4-3-8/h5-6H,3-4,8H2,1-2H3. The van der Waals surface area contributed by atoms with Crippen molar-refractivity contribution < 1.29 is 0 Å². The quantitative estimate of drug-likeness (QED) is 0.684. The van der Waals surface area contributed by atoms with Crippen LogP contribution in [0, 0.1) is 0 Å². The molecule has 1 aromatic rings. The van der Waals surface area contributed by atoms with Crippen LogP contribution in [0.25, 0.3) is 0 Å². The van der Waals surface area contributed by atoms with Gasteiger partial charge in [0.25, 0.3) is 0 Å². The number of rotatable bonds is 3. The molecule has 0 aromatic carbocycles. The molecule has 1 aromatic heterocycles. The molecule has 62 valence electrons. The first-order valence-corrected chi connectivity index (χ1v) is 3.84. The zero-order valence-electron chi connectivity index (χ0n) is 6.99. The van der Waals surface area contributed by atoms with Gasteiger partial charge in [-0.1, -0.05) is 19.1 Å². The van der Waals surface area contributed by atoms with E-state index in [1.165, 1.54) is 0 Å². The number of nitrogens with zero attached hydrogens (tertiary/aromatic N) is 3. The first-order valence-electron chi connectivity index (χ1n) is 3.84. The summed E-state index contributed by atoms with van der Waals surface area (Å²) in [4.78, 5) is 0. The van der Waals surface area contributed by atoms with Crippen LogP contribution in [-0.4, -0.2) is 21.5 Å². The molecule has 1 rings (SSSR count). The van der Waals surface area contributed by atoms with Gasteiger partial charge < -0.3 is 5.73 Å². The van der Waals surface area contributed by atoms with Crippen LogP contribution in [0.2, 0.25) is 0 Å². The summed E-state index contributed by atoms with van der Waals surface area (Å²) < 4.78 is 1.85. The van der Waals surface area contributed by atoms with E-state index >= 15 is 0 Å². The zero-order chi connectivity index (χ0) is 8.27. The lowest BCUT2D eigenvalue weighted by molar-refractivity contribution is 0.558. The minimum atomic E-state index is 0.469. The summed E-state index contributed by atoms with van der Waals surface area (Å²) in [6.45, 7) is 5.61. The number of hydrogen-bond donors (Lipinski definition) is 1. The molecule has 0 bridgehead atoms. The highest BCUT2D eigenvalue weighted by Gasteiger charge is 2.05. The fraction of sp³-hybridized carbons (Fsp3) is 0.714. The van der Waals surface area contributed by atoms with Crippen LogP contribution in [0.1, 0.15) is 25.5 Å². The van der Waals surface area contributed by atoms with Crippen molar-refractivity contribution in [1.29, 1.82) is 0 Å². The largest absolute Gasteiger partial charge is 0.329 e. The summed E-state index contributed by atoms with van der Waals surface area (Å²) in [7, 11) is 0. The first-order chi connectivity index (χ1) is 5.25. The van der Waals surface area contributed by atoms with Gasteiger partial charge in [-0.05, 0) is 5.92 Å². The molecule has 4 nitrogen and oxygen atoms in total. The van der Waals surface area contributed by atoms with Gasteiger partial charge in [0.2, 0.25) is 0 Å². The molecular formula is C7H14N4. The predicted molar refractivity (Wildman–Crippen MR) is 43.2 cm³/mol. The Kier molecular flexibility index (Phi) is 2.59. The summed E-state index contributed by atoms with van der Waals surface area (Å²) in [6, 6.07) is 0. The molecule has 0 saturated heterocycles. The van der Waals surface area contributed by atoms with Crippen LogP contribution in [0.4, 0.5) is 0 Å². The molecule has 1 heterocycles. The average molecular weight is 154 g/mol. The SMILES string of the molecule is CC(C)c1cnnn1CCN. The smallest absolute Gasteiger partial charge is 0.0727 e. The van der Waals surface area contributed by atoms with Gasteiger partial charge in [-0.25, -0.2) is 4.68 Å². The molecule has 0 radical (unpaired) electrons. The minimum Gasteiger partial charge on any atom is -0.329 e. The van der Waals surface area contributed by atoms with Crippen molar-refractivity contribution >= 4 is 0 Å². The third-order valence-corrected chi connectivity index (χ3v) is 1.58. The lowest BCUT2D eigenvalue weighted by atomic mass is 10.1. The Morgan fingerprint density at radius 2 is 2.36 bits per heavy atom. The number of aromatic nitrogens is 3. The van der Waals surface area contributed by atoms with Crippen molar-refractivity contribution in [2.45, 2.75) is 26.3 Å². The fourth-order valence-corrected chi connectivity index (χ4v) is 1.01. The Morgan fingerprint density at radius 1 is 1.64 bits per heavy atom. The van der Waals surface area contributed by atoms with Crippen molar-refractivity contribution in [3.05, 3.63) is 11.9 Å². The maximum absolute atomic E-state index is 5.40. The number of hydrogen-bond acceptors (Lipinski definition) is 3. The highest BCUT2D eigenvalue weighted by atomic mass is 15.4. The minimum absolute atomic E-state index is 0.469. The van der Waals surface area contributed by atoms with E-state index < -0.39 is 0 Å². The molecular weight excluding hydrogens is 140 g/mol. The van der Waals surface area contributed by atoms with E-state index in [1.807, 2.05) is 4.68 Å². The van der Waals surface area contributed by atoms with Gasteiger partial charge in [0.15, 0.2) is 0 Å². The van der Waals surface area contributed by atoms with Crippen LogP contribution in [0.5, 0.6) is 0 Å². The molecule has 0 spiro atoms. The van der Waals surface area contributed by atoms with E-state index in [0.717, 1.165) is 12.2 Å². The molecule has 0 aliphatic heterocycles. The molecule has 0 aliphatic rings. The highest BCUT2D eigenvalue weighted by molar-refractivity contribution is 4.99. The molecule has 0 fully saturated rings. The number of nitrogens with two attached hydrogens (primary N) is 1. The monoisotopic (exact) mass is 154 g/mol. The summed E-state index contributed by atoms with van der Waals surface area (Å²) >= 11 is 0. The molecule has 0 saturated carbocycles. The molecule has 0 aliphatic carbocycles. The maximum Gasteiger partial charge on any atom is 0.0727 e. The molecule has 11 heavy (non-hydrogen) atoms. The molecule has 0 atom stereocenters. The summed E-state index contributed by atoms with van der Waals surface area (Å²) in [6.07, 6.45) is 1.79.